The lowest BCUT2D eigenvalue weighted by Crippen LogP contribution is -2.30. The molecular weight excluding hydrogens is 256 g/mol. The summed E-state index contributed by atoms with van der Waals surface area (Å²) in [5.41, 5.74) is 6.30. The molecule has 3 N–H and O–H groups in total. The number of anilines is 1. The van der Waals surface area contributed by atoms with Gasteiger partial charge in [-0.25, -0.2) is 4.79 Å². The first-order chi connectivity index (χ1) is 8.54. The van der Waals surface area contributed by atoms with Gasteiger partial charge in [0.25, 0.3) is 0 Å². The van der Waals surface area contributed by atoms with Gasteiger partial charge in [-0.3, -0.25) is 4.79 Å². The maximum absolute atomic E-state index is 11.7. The van der Waals surface area contributed by atoms with Gasteiger partial charge in [0.1, 0.15) is 6.61 Å². The number of hydrogen-bond donors (Lipinski definition) is 2. The first-order valence-electron chi connectivity index (χ1n) is 5.57. The number of benzene rings is 1. The van der Waals surface area contributed by atoms with Crippen molar-refractivity contribution in [3.63, 3.8) is 0 Å². The summed E-state index contributed by atoms with van der Waals surface area (Å²) >= 11 is 5.80. The van der Waals surface area contributed by atoms with E-state index in [0.717, 1.165) is 0 Å². The summed E-state index contributed by atoms with van der Waals surface area (Å²) in [6, 6.07) is 4.45. The summed E-state index contributed by atoms with van der Waals surface area (Å²) in [6.07, 6.45) is 1.16. The first kappa shape index (κ1) is 12.7. The maximum atomic E-state index is 11.7. The van der Waals surface area contributed by atoms with Crippen molar-refractivity contribution in [2.45, 2.75) is 18.9 Å². The topological polar surface area (TPSA) is 81.4 Å². The lowest BCUT2D eigenvalue weighted by Gasteiger charge is -2.11. The Bertz CT molecular complexity index is 470. The number of nitrogens with one attached hydrogen (secondary N) is 1. The van der Waals surface area contributed by atoms with Crippen LogP contribution in [-0.2, 0) is 9.53 Å². The molecule has 1 aromatic carbocycles. The van der Waals surface area contributed by atoms with E-state index in [9.17, 15) is 9.59 Å². The fourth-order valence-corrected chi connectivity index (χ4v) is 2.04. The van der Waals surface area contributed by atoms with Crippen molar-refractivity contribution in [3.05, 3.63) is 28.8 Å². The molecule has 0 aliphatic carbocycles. The highest BCUT2D eigenvalue weighted by molar-refractivity contribution is 6.31. The van der Waals surface area contributed by atoms with Crippen LogP contribution in [0.4, 0.5) is 5.69 Å². The fraction of sp³-hybridized carbons (Fsp3) is 0.333. The number of nitrogens with two attached hydrogens (primary N) is 1. The predicted molar refractivity (Wildman–Crippen MR) is 67.3 cm³/mol. The zero-order chi connectivity index (χ0) is 13.1. The Balaban J connectivity index is 1.93. The van der Waals surface area contributed by atoms with Crippen molar-refractivity contribution in [2.75, 3.05) is 12.3 Å². The van der Waals surface area contributed by atoms with Gasteiger partial charge in [0.15, 0.2) is 0 Å². The van der Waals surface area contributed by atoms with E-state index in [-0.39, 0.29) is 18.6 Å². The molecule has 1 amide bonds. The van der Waals surface area contributed by atoms with Crippen LogP contribution in [0.2, 0.25) is 5.02 Å². The lowest BCUT2D eigenvalue weighted by atomic mass is 10.2. The van der Waals surface area contributed by atoms with Crippen molar-refractivity contribution in [3.8, 4) is 0 Å². The Kier molecular flexibility index (Phi) is 3.72. The van der Waals surface area contributed by atoms with Crippen LogP contribution in [0.1, 0.15) is 23.2 Å². The van der Waals surface area contributed by atoms with Gasteiger partial charge in [-0.2, -0.15) is 0 Å². The van der Waals surface area contributed by atoms with E-state index in [2.05, 4.69) is 5.32 Å². The standard InChI is InChI=1S/C12H13ClN2O3/c13-8-3-7(4-9(14)5-8)12(17)18-6-10-1-2-11(16)15-10/h3-5,10H,1-2,6,14H2,(H,15,16). The predicted octanol–water partition coefficient (Wildman–Crippen LogP) is 1.36. The molecule has 1 aromatic rings. The molecule has 2 rings (SSSR count). The zero-order valence-electron chi connectivity index (χ0n) is 9.61. The first-order valence-corrected chi connectivity index (χ1v) is 5.95. The number of carbonyl (C=O) groups is 2. The smallest absolute Gasteiger partial charge is 0.338 e. The summed E-state index contributed by atoms with van der Waals surface area (Å²) in [7, 11) is 0. The second-order valence-electron chi connectivity index (χ2n) is 4.17. The molecule has 1 unspecified atom stereocenters. The van der Waals surface area contributed by atoms with Crippen LogP contribution < -0.4 is 11.1 Å². The van der Waals surface area contributed by atoms with E-state index in [1.165, 1.54) is 12.1 Å². The minimum absolute atomic E-state index is 0.0111. The summed E-state index contributed by atoms with van der Waals surface area (Å²) in [5.74, 6) is -0.506. The zero-order valence-corrected chi connectivity index (χ0v) is 10.4. The highest BCUT2D eigenvalue weighted by Crippen LogP contribution is 2.17. The van der Waals surface area contributed by atoms with Crippen LogP contribution in [0, 0.1) is 0 Å². The van der Waals surface area contributed by atoms with Crippen LogP contribution in [-0.4, -0.2) is 24.5 Å². The molecule has 1 atom stereocenters. The number of hydrogen-bond acceptors (Lipinski definition) is 4. The number of carbonyl (C=O) groups excluding carboxylic acids is 2. The molecule has 0 aromatic heterocycles. The monoisotopic (exact) mass is 268 g/mol. The molecule has 18 heavy (non-hydrogen) atoms. The van der Waals surface area contributed by atoms with Crippen molar-refractivity contribution < 1.29 is 14.3 Å². The van der Waals surface area contributed by atoms with Gasteiger partial charge in [0.2, 0.25) is 5.91 Å². The minimum Gasteiger partial charge on any atom is -0.460 e. The Morgan fingerprint density at radius 3 is 2.89 bits per heavy atom. The molecule has 0 spiro atoms. The van der Waals surface area contributed by atoms with E-state index in [1.54, 1.807) is 6.07 Å². The second-order valence-corrected chi connectivity index (χ2v) is 4.61. The molecule has 1 aliphatic heterocycles. The van der Waals surface area contributed by atoms with Crippen LogP contribution >= 0.6 is 11.6 Å². The number of ether oxygens (including phenoxy) is 1. The molecule has 96 valence electrons. The number of esters is 1. The maximum Gasteiger partial charge on any atom is 0.338 e. The van der Waals surface area contributed by atoms with Crippen LogP contribution in [0.25, 0.3) is 0 Å². The van der Waals surface area contributed by atoms with Crippen LogP contribution in [0.15, 0.2) is 18.2 Å². The summed E-state index contributed by atoms with van der Waals surface area (Å²) in [6.45, 7) is 0.164. The van der Waals surface area contributed by atoms with Gasteiger partial charge in [-0.15, -0.1) is 0 Å². The summed E-state index contributed by atoms with van der Waals surface area (Å²) < 4.78 is 5.10. The van der Waals surface area contributed by atoms with E-state index in [4.69, 9.17) is 22.1 Å². The number of nitrogen functional groups attached to an aromatic ring is 1. The molecule has 1 heterocycles. The molecule has 0 saturated carbocycles. The van der Waals surface area contributed by atoms with Crippen molar-refractivity contribution in [1.82, 2.24) is 5.32 Å². The summed E-state index contributed by atoms with van der Waals surface area (Å²) in [4.78, 5) is 22.7. The SMILES string of the molecule is Nc1cc(Cl)cc(C(=O)OCC2CCC(=O)N2)c1. The molecule has 1 fully saturated rings. The average Bonchev–Trinajstić information content (AvgIpc) is 2.70. The fourth-order valence-electron chi connectivity index (χ4n) is 1.79. The van der Waals surface area contributed by atoms with Crippen molar-refractivity contribution in [1.29, 1.82) is 0 Å². The molecule has 6 heteroatoms. The van der Waals surface area contributed by atoms with Gasteiger partial charge < -0.3 is 15.8 Å². The van der Waals surface area contributed by atoms with E-state index in [1.807, 2.05) is 0 Å². The third kappa shape index (κ3) is 3.13. The molecule has 0 radical (unpaired) electrons. The van der Waals surface area contributed by atoms with E-state index < -0.39 is 5.97 Å². The normalized spacial score (nSPS) is 18.5. The summed E-state index contributed by atoms with van der Waals surface area (Å²) in [5, 5.41) is 3.10. The molecular formula is C12H13ClN2O3. The van der Waals surface area contributed by atoms with Crippen LogP contribution in [0.5, 0.6) is 0 Å². The third-order valence-corrected chi connectivity index (χ3v) is 2.87. The minimum atomic E-state index is -0.495. The Labute approximate surface area is 109 Å². The highest BCUT2D eigenvalue weighted by atomic mass is 35.5. The van der Waals surface area contributed by atoms with Gasteiger partial charge in [0.05, 0.1) is 11.6 Å². The van der Waals surface area contributed by atoms with Gasteiger partial charge in [-0.1, -0.05) is 11.6 Å². The Morgan fingerprint density at radius 2 is 2.28 bits per heavy atom. The van der Waals surface area contributed by atoms with Gasteiger partial charge >= 0.3 is 5.97 Å². The number of halogens is 1. The molecule has 1 aliphatic rings. The molecule has 1 saturated heterocycles. The van der Waals surface area contributed by atoms with E-state index >= 15 is 0 Å². The van der Waals surface area contributed by atoms with Gasteiger partial charge in [-0.05, 0) is 24.6 Å². The Morgan fingerprint density at radius 1 is 1.50 bits per heavy atom. The quantitative estimate of drug-likeness (QED) is 0.641. The van der Waals surface area contributed by atoms with Crippen LogP contribution in [0.3, 0.4) is 0 Å². The van der Waals surface area contributed by atoms with Crippen molar-refractivity contribution >= 4 is 29.2 Å². The third-order valence-electron chi connectivity index (χ3n) is 2.66. The van der Waals surface area contributed by atoms with Crippen molar-refractivity contribution in [2.24, 2.45) is 0 Å². The number of rotatable bonds is 3. The van der Waals surface area contributed by atoms with E-state index in [0.29, 0.717) is 29.1 Å². The molecule has 0 bridgehead atoms. The van der Waals surface area contributed by atoms with Gasteiger partial charge in [0, 0.05) is 17.1 Å². The molecule has 5 nitrogen and oxygen atoms in total. The average molecular weight is 269 g/mol. The highest BCUT2D eigenvalue weighted by Gasteiger charge is 2.22. The second kappa shape index (κ2) is 5.27. The lowest BCUT2D eigenvalue weighted by molar-refractivity contribution is -0.119. The largest absolute Gasteiger partial charge is 0.460 e. The number of amides is 1. The Hall–Kier alpha value is -1.75.